The predicted octanol–water partition coefficient (Wildman–Crippen LogP) is 3.03. The monoisotopic (exact) mass is 230 g/mol. The molecule has 92 valence electrons. The molecule has 3 rings (SSSR count). The maximum Gasteiger partial charge on any atom is 0.0372 e. The molecule has 1 saturated carbocycles. The van der Waals surface area contributed by atoms with Gasteiger partial charge in [-0.05, 0) is 49.4 Å². The topological polar surface area (TPSA) is 15.3 Å². The van der Waals surface area contributed by atoms with Crippen LogP contribution in [-0.4, -0.2) is 24.0 Å². The van der Waals surface area contributed by atoms with Crippen molar-refractivity contribution in [1.82, 2.24) is 4.90 Å². The van der Waals surface area contributed by atoms with Crippen LogP contribution >= 0.6 is 0 Å². The molecule has 1 aromatic carbocycles. The summed E-state index contributed by atoms with van der Waals surface area (Å²) >= 11 is 0. The minimum Gasteiger partial charge on any atom is -0.385 e. The zero-order valence-corrected chi connectivity index (χ0v) is 10.7. The lowest BCUT2D eigenvalue weighted by Crippen LogP contribution is -2.25. The Kier molecular flexibility index (Phi) is 3.06. The van der Waals surface area contributed by atoms with Crippen LogP contribution in [0, 0.1) is 0 Å². The summed E-state index contributed by atoms with van der Waals surface area (Å²) < 4.78 is 0. The van der Waals surface area contributed by atoms with E-state index >= 15 is 0 Å². The summed E-state index contributed by atoms with van der Waals surface area (Å²) in [5, 5.41) is 3.48. The Bertz CT molecular complexity index is 396. The fourth-order valence-corrected chi connectivity index (χ4v) is 2.80. The Labute approximate surface area is 104 Å². The molecule has 0 radical (unpaired) electrons. The van der Waals surface area contributed by atoms with E-state index in [-0.39, 0.29) is 0 Å². The minimum atomic E-state index is 0.870. The van der Waals surface area contributed by atoms with E-state index in [1.54, 1.807) is 0 Å². The van der Waals surface area contributed by atoms with E-state index in [9.17, 15) is 0 Å². The standard InChI is InChI=1S/C15H22N2/c1-2-17(14-6-7-14)11-12-5-8-15-13(10-12)4-3-9-16-15/h5,8,10,14,16H,2-4,6-7,9,11H2,1H3. The van der Waals surface area contributed by atoms with Crippen LogP contribution in [0.15, 0.2) is 18.2 Å². The first-order valence-corrected chi connectivity index (χ1v) is 6.96. The Morgan fingerprint density at radius 3 is 3.00 bits per heavy atom. The molecule has 1 fully saturated rings. The Balaban J connectivity index is 1.74. The van der Waals surface area contributed by atoms with Crippen LogP contribution in [0.3, 0.4) is 0 Å². The van der Waals surface area contributed by atoms with Gasteiger partial charge in [0, 0.05) is 24.8 Å². The van der Waals surface area contributed by atoms with Crippen LogP contribution in [0.4, 0.5) is 5.69 Å². The van der Waals surface area contributed by atoms with Gasteiger partial charge in [-0.1, -0.05) is 19.1 Å². The van der Waals surface area contributed by atoms with Gasteiger partial charge >= 0.3 is 0 Å². The predicted molar refractivity (Wildman–Crippen MR) is 72.4 cm³/mol. The number of hydrogen-bond donors (Lipinski definition) is 1. The lowest BCUT2D eigenvalue weighted by molar-refractivity contribution is 0.269. The van der Waals surface area contributed by atoms with Crippen LogP contribution in [0.1, 0.15) is 37.3 Å². The molecule has 0 bridgehead atoms. The van der Waals surface area contributed by atoms with Gasteiger partial charge in [-0.2, -0.15) is 0 Å². The fourth-order valence-electron chi connectivity index (χ4n) is 2.80. The second-order valence-corrected chi connectivity index (χ2v) is 5.32. The third kappa shape index (κ3) is 2.47. The highest BCUT2D eigenvalue weighted by Crippen LogP contribution is 2.29. The Morgan fingerprint density at radius 2 is 2.24 bits per heavy atom. The Morgan fingerprint density at radius 1 is 1.35 bits per heavy atom. The van der Waals surface area contributed by atoms with Crippen molar-refractivity contribution in [3.8, 4) is 0 Å². The van der Waals surface area contributed by atoms with Crippen molar-refractivity contribution in [2.75, 3.05) is 18.4 Å². The van der Waals surface area contributed by atoms with Crippen LogP contribution in [0.2, 0.25) is 0 Å². The summed E-state index contributed by atoms with van der Waals surface area (Å²) in [5.41, 5.74) is 4.36. The normalized spacial score (nSPS) is 18.9. The molecule has 0 atom stereocenters. The number of anilines is 1. The highest BCUT2D eigenvalue weighted by Gasteiger charge is 2.27. The molecule has 0 unspecified atom stereocenters. The highest BCUT2D eigenvalue weighted by molar-refractivity contribution is 5.54. The average Bonchev–Trinajstić information content (AvgIpc) is 3.20. The Hall–Kier alpha value is -1.02. The number of rotatable bonds is 4. The van der Waals surface area contributed by atoms with Crippen molar-refractivity contribution in [3.05, 3.63) is 29.3 Å². The number of aryl methyl sites for hydroxylation is 1. The molecule has 1 aromatic rings. The van der Waals surface area contributed by atoms with E-state index < -0.39 is 0 Å². The number of fused-ring (bicyclic) bond motifs is 1. The third-order valence-electron chi connectivity index (χ3n) is 3.96. The fraction of sp³-hybridized carbons (Fsp3) is 0.600. The molecule has 2 nitrogen and oxygen atoms in total. The van der Waals surface area contributed by atoms with E-state index in [1.807, 2.05) is 0 Å². The van der Waals surface area contributed by atoms with E-state index in [4.69, 9.17) is 0 Å². The molecule has 0 saturated heterocycles. The second-order valence-electron chi connectivity index (χ2n) is 5.32. The summed E-state index contributed by atoms with van der Waals surface area (Å²) in [6.07, 6.45) is 5.32. The molecule has 0 amide bonds. The van der Waals surface area contributed by atoms with Gasteiger partial charge in [0.1, 0.15) is 0 Å². The average molecular weight is 230 g/mol. The van der Waals surface area contributed by atoms with Crippen molar-refractivity contribution in [3.63, 3.8) is 0 Å². The quantitative estimate of drug-likeness (QED) is 0.855. The van der Waals surface area contributed by atoms with Crippen LogP contribution in [-0.2, 0) is 13.0 Å². The maximum absolute atomic E-state index is 3.48. The van der Waals surface area contributed by atoms with Gasteiger partial charge in [0.2, 0.25) is 0 Å². The zero-order valence-electron chi connectivity index (χ0n) is 10.7. The van der Waals surface area contributed by atoms with Crippen LogP contribution in [0.5, 0.6) is 0 Å². The van der Waals surface area contributed by atoms with Crippen molar-refractivity contribution in [2.24, 2.45) is 0 Å². The summed E-state index contributed by atoms with van der Waals surface area (Å²) in [4.78, 5) is 2.61. The first-order chi connectivity index (χ1) is 8.36. The van der Waals surface area contributed by atoms with E-state index in [1.165, 1.54) is 49.0 Å². The molecule has 1 aliphatic carbocycles. The van der Waals surface area contributed by atoms with Crippen molar-refractivity contribution >= 4 is 5.69 Å². The zero-order chi connectivity index (χ0) is 11.7. The van der Waals surface area contributed by atoms with Gasteiger partial charge in [0.25, 0.3) is 0 Å². The molecular weight excluding hydrogens is 208 g/mol. The summed E-state index contributed by atoms with van der Waals surface area (Å²) in [5.74, 6) is 0. The first kappa shape index (κ1) is 11.1. The van der Waals surface area contributed by atoms with E-state index in [0.717, 1.165) is 19.1 Å². The number of nitrogens with one attached hydrogen (secondary N) is 1. The number of benzene rings is 1. The van der Waals surface area contributed by atoms with Gasteiger partial charge in [-0.15, -0.1) is 0 Å². The van der Waals surface area contributed by atoms with Crippen molar-refractivity contribution < 1.29 is 0 Å². The smallest absolute Gasteiger partial charge is 0.0372 e. The molecule has 17 heavy (non-hydrogen) atoms. The molecule has 1 aliphatic heterocycles. The molecule has 1 heterocycles. The van der Waals surface area contributed by atoms with E-state index in [2.05, 4.69) is 35.3 Å². The lowest BCUT2D eigenvalue weighted by atomic mass is 10.0. The molecule has 2 heteroatoms. The number of nitrogens with zero attached hydrogens (tertiary/aromatic N) is 1. The highest BCUT2D eigenvalue weighted by atomic mass is 15.2. The first-order valence-electron chi connectivity index (χ1n) is 6.96. The van der Waals surface area contributed by atoms with E-state index in [0.29, 0.717) is 0 Å². The summed E-state index contributed by atoms with van der Waals surface area (Å²) in [6, 6.07) is 7.84. The van der Waals surface area contributed by atoms with Gasteiger partial charge in [0.05, 0.1) is 0 Å². The van der Waals surface area contributed by atoms with Crippen LogP contribution < -0.4 is 5.32 Å². The van der Waals surface area contributed by atoms with Gasteiger partial charge in [0.15, 0.2) is 0 Å². The molecule has 2 aliphatic rings. The maximum atomic E-state index is 3.48. The van der Waals surface area contributed by atoms with Gasteiger partial charge < -0.3 is 5.32 Å². The van der Waals surface area contributed by atoms with Crippen molar-refractivity contribution in [1.29, 1.82) is 0 Å². The second kappa shape index (κ2) is 4.69. The molecule has 1 N–H and O–H groups in total. The summed E-state index contributed by atoms with van der Waals surface area (Å²) in [7, 11) is 0. The van der Waals surface area contributed by atoms with Gasteiger partial charge in [-0.3, -0.25) is 4.90 Å². The van der Waals surface area contributed by atoms with Gasteiger partial charge in [-0.25, -0.2) is 0 Å². The molecular formula is C15H22N2. The van der Waals surface area contributed by atoms with Crippen LogP contribution in [0.25, 0.3) is 0 Å². The molecule has 0 spiro atoms. The van der Waals surface area contributed by atoms with Crippen molar-refractivity contribution in [2.45, 2.75) is 45.2 Å². The third-order valence-corrected chi connectivity index (χ3v) is 3.96. The minimum absolute atomic E-state index is 0.870. The molecule has 0 aromatic heterocycles. The lowest BCUT2D eigenvalue weighted by Gasteiger charge is -2.22. The summed E-state index contributed by atoms with van der Waals surface area (Å²) in [6.45, 7) is 5.72. The number of hydrogen-bond acceptors (Lipinski definition) is 2. The largest absolute Gasteiger partial charge is 0.385 e. The SMILES string of the molecule is CCN(Cc1ccc2c(c1)CCCN2)C1CC1.